The molecule has 1 amide bonds. The maximum Gasteiger partial charge on any atom is 0.248 e. The lowest BCUT2D eigenvalue weighted by molar-refractivity contribution is 0.0299. The number of rotatable bonds is 6. The molecule has 32 heavy (non-hydrogen) atoms. The number of aromatic nitrogens is 1. The van der Waals surface area contributed by atoms with Crippen LogP contribution in [-0.4, -0.2) is 48.7 Å². The molecule has 3 heterocycles. The highest BCUT2D eigenvalue weighted by Crippen LogP contribution is 2.31. The molecular weight excluding hydrogens is 402 g/mol. The molecule has 3 aromatic rings. The van der Waals surface area contributed by atoms with Crippen molar-refractivity contribution in [2.24, 2.45) is 5.73 Å². The van der Waals surface area contributed by atoms with E-state index in [0.29, 0.717) is 12.2 Å². The summed E-state index contributed by atoms with van der Waals surface area (Å²) < 4.78 is 13.7. The molecule has 1 aromatic heterocycles. The standard InChI is InChI=1S/C26H29N3O3/c1-31-22-3-5-24-19(17-22)6-14-29(24)21-7-11-28(12-8-21)13-9-25-23-4-2-20(26(27)30)16-18(23)10-15-32-25/h2-7,14,16-17,25H,8-13,15H2,1H3,(H2,27,30). The Hall–Kier alpha value is -3.09. The van der Waals surface area contributed by atoms with Crippen molar-refractivity contribution >= 4 is 22.5 Å². The summed E-state index contributed by atoms with van der Waals surface area (Å²) in [5.41, 5.74) is 11.0. The second-order valence-corrected chi connectivity index (χ2v) is 8.53. The fourth-order valence-corrected chi connectivity index (χ4v) is 4.85. The zero-order valence-electron chi connectivity index (χ0n) is 18.4. The van der Waals surface area contributed by atoms with E-state index in [2.05, 4.69) is 39.9 Å². The van der Waals surface area contributed by atoms with E-state index in [4.69, 9.17) is 15.2 Å². The zero-order valence-corrected chi connectivity index (χ0v) is 18.4. The minimum Gasteiger partial charge on any atom is -0.497 e. The van der Waals surface area contributed by atoms with E-state index in [1.807, 2.05) is 24.3 Å². The number of hydrogen-bond acceptors (Lipinski definition) is 4. The number of nitrogens with two attached hydrogens (primary N) is 1. The van der Waals surface area contributed by atoms with Crippen molar-refractivity contribution in [1.29, 1.82) is 0 Å². The molecule has 5 rings (SSSR count). The summed E-state index contributed by atoms with van der Waals surface area (Å²) in [7, 11) is 1.70. The van der Waals surface area contributed by atoms with Crippen molar-refractivity contribution < 1.29 is 14.3 Å². The van der Waals surface area contributed by atoms with Crippen molar-refractivity contribution in [3.8, 4) is 5.75 Å². The molecule has 2 aromatic carbocycles. The van der Waals surface area contributed by atoms with Crippen molar-refractivity contribution in [2.75, 3.05) is 33.4 Å². The SMILES string of the molecule is COc1ccc2c(ccn2C2=CCN(CCC3OCCc4cc(C(N)=O)ccc43)CC2)c1. The molecule has 1 unspecified atom stereocenters. The van der Waals surface area contributed by atoms with Crippen LogP contribution in [0.3, 0.4) is 0 Å². The Balaban J connectivity index is 1.23. The third kappa shape index (κ3) is 4.04. The third-order valence-electron chi connectivity index (χ3n) is 6.65. The van der Waals surface area contributed by atoms with E-state index in [9.17, 15) is 4.79 Å². The van der Waals surface area contributed by atoms with Gasteiger partial charge >= 0.3 is 0 Å². The Kier molecular flexibility index (Phi) is 5.72. The Labute approximate surface area is 188 Å². The van der Waals surface area contributed by atoms with Gasteiger partial charge in [-0.3, -0.25) is 9.69 Å². The van der Waals surface area contributed by atoms with Crippen LogP contribution in [0.2, 0.25) is 0 Å². The Morgan fingerprint density at radius 1 is 1.19 bits per heavy atom. The zero-order chi connectivity index (χ0) is 22.1. The minimum absolute atomic E-state index is 0.0782. The van der Waals surface area contributed by atoms with Crippen molar-refractivity contribution in [1.82, 2.24) is 9.47 Å². The van der Waals surface area contributed by atoms with Gasteiger partial charge in [-0.2, -0.15) is 0 Å². The predicted molar refractivity (Wildman–Crippen MR) is 126 cm³/mol. The first-order valence-electron chi connectivity index (χ1n) is 11.2. The van der Waals surface area contributed by atoms with Gasteiger partial charge in [-0.05, 0) is 60.4 Å². The van der Waals surface area contributed by atoms with Crippen molar-refractivity contribution in [2.45, 2.75) is 25.4 Å². The maximum absolute atomic E-state index is 11.5. The van der Waals surface area contributed by atoms with E-state index < -0.39 is 0 Å². The van der Waals surface area contributed by atoms with Crippen LogP contribution < -0.4 is 10.5 Å². The van der Waals surface area contributed by atoms with E-state index in [1.54, 1.807) is 7.11 Å². The Bertz CT molecular complexity index is 1180. The second kappa shape index (κ2) is 8.81. The highest BCUT2D eigenvalue weighted by molar-refractivity contribution is 5.93. The van der Waals surface area contributed by atoms with Crippen LogP contribution in [0.15, 0.2) is 54.7 Å². The number of carbonyl (C=O) groups excluding carboxylic acids is 1. The van der Waals surface area contributed by atoms with Gasteiger partial charge in [0.25, 0.3) is 0 Å². The molecule has 0 spiro atoms. The summed E-state index contributed by atoms with van der Waals surface area (Å²) in [6.45, 7) is 3.64. The third-order valence-corrected chi connectivity index (χ3v) is 6.65. The number of hydrogen-bond donors (Lipinski definition) is 1. The first-order chi connectivity index (χ1) is 15.6. The Morgan fingerprint density at radius 2 is 2.09 bits per heavy atom. The lowest BCUT2D eigenvalue weighted by atomic mass is 9.93. The van der Waals surface area contributed by atoms with Gasteiger partial charge in [0.05, 0.1) is 25.3 Å². The average molecular weight is 432 g/mol. The fraction of sp³-hybridized carbons (Fsp3) is 0.346. The van der Waals surface area contributed by atoms with Gasteiger partial charge in [-0.25, -0.2) is 0 Å². The highest BCUT2D eigenvalue weighted by Gasteiger charge is 2.23. The molecule has 6 heteroatoms. The number of fused-ring (bicyclic) bond motifs is 2. The summed E-state index contributed by atoms with van der Waals surface area (Å²) >= 11 is 0. The normalized spacial score (nSPS) is 18.9. The fourth-order valence-electron chi connectivity index (χ4n) is 4.85. The van der Waals surface area contributed by atoms with Crippen LogP contribution in [-0.2, 0) is 11.2 Å². The van der Waals surface area contributed by atoms with E-state index in [0.717, 1.165) is 44.6 Å². The molecule has 0 bridgehead atoms. The largest absolute Gasteiger partial charge is 0.497 e. The molecule has 2 aliphatic heterocycles. The molecule has 0 fully saturated rings. The van der Waals surface area contributed by atoms with Gasteiger partial charge in [0.2, 0.25) is 5.91 Å². The van der Waals surface area contributed by atoms with Gasteiger partial charge in [-0.1, -0.05) is 12.1 Å². The molecule has 2 aliphatic rings. The van der Waals surface area contributed by atoms with Gasteiger partial charge < -0.3 is 19.8 Å². The minimum atomic E-state index is -0.374. The van der Waals surface area contributed by atoms with Gasteiger partial charge in [0.1, 0.15) is 5.75 Å². The number of methoxy groups -OCH3 is 1. The summed E-state index contributed by atoms with van der Waals surface area (Å²) in [5.74, 6) is 0.512. The van der Waals surface area contributed by atoms with Crippen LogP contribution in [0, 0.1) is 0 Å². The van der Waals surface area contributed by atoms with Crippen LogP contribution in [0.5, 0.6) is 5.75 Å². The molecule has 0 aliphatic carbocycles. The molecular formula is C26H29N3O3. The van der Waals surface area contributed by atoms with Crippen molar-refractivity contribution in [3.63, 3.8) is 0 Å². The molecule has 1 atom stereocenters. The molecule has 166 valence electrons. The molecule has 0 saturated carbocycles. The highest BCUT2D eigenvalue weighted by atomic mass is 16.5. The first-order valence-corrected chi connectivity index (χ1v) is 11.2. The second-order valence-electron chi connectivity index (χ2n) is 8.53. The smallest absolute Gasteiger partial charge is 0.248 e. The quantitative estimate of drug-likeness (QED) is 0.641. The summed E-state index contributed by atoms with van der Waals surface area (Å²) in [6.07, 6.45) is 7.35. The molecule has 0 radical (unpaired) electrons. The Morgan fingerprint density at radius 3 is 2.88 bits per heavy atom. The number of amides is 1. The summed E-state index contributed by atoms with van der Waals surface area (Å²) in [6, 6.07) is 14.1. The van der Waals surface area contributed by atoms with Crippen LogP contribution >= 0.6 is 0 Å². The molecule has 0 saturated heterocycles. The maximum atomic E-state index is 11.5. The molecule has 6 nitrogen and oxygen atoms in total. The van der Waals surface area contributed by atoms with Gasteiger partial charge in [0, 0.05) is 48.9 Å². The van der Waals surface area contributed by atoms with Crippen LogP contribution in [0.25, 0.3) is 16.6 Å². The number of nitrogens with zero attached hydrogens (tertiary/aromatic N) is 2. The van der Waals surface area contributed by atoms with Gasteiger partial charge in [0.15, 0.2) is 0 Å². The van der Waals surface area contributed by atoms with Crippen molar-refractivity contribution in [3.05, 3.63) is 71.4 Å². The van der Waals surface area contributed by atoms with Crippen LogP contribution in [0.4, 0.5) is 0 Å². The van der Waals surface area contributed by atoms with E-state index in [-0.39, 0.29) is 12.0 Å². The van der Waals surface area contributed by atoms with Gasteiger partial charge in [-0.15, -0.1) is 0 Å². The number of ether oxygens (including phenoxy) is 2. The monoisotopic (exact) mass is 431 g/mol. The topological polar surface area (TPSA) is 69.7 Å². The summed E-state index contributed by atoms with van der Waals surface area (Å²) in [4.78, 5) is 14.0. The molecule has 2 N–H and O–H groups in total. The lowest BCUT2D eigenvalue weighted by Gasteiger charge is -2.31. The summed E-state index contributed by atoms with van der Waals surface area (Å²) in [5, 5.41) is 1.19. The average Bonchev–Trinajstić information content (AvgIpc) is 3.25. The number of carbonyl (C=O) groups is 1. The van der Waals surface area contributed by atoms with E-state index in [1.165, 1.54) is 27.7 Å². The van der Waals surface area contributed by atoms with E-state index >= 15 is 0 Å². The lowest BCUT2D eigenvalue weighted by Crippen LogP contribution is -2.32. The van der Waals surface area contributed by atoms with Crippen LogP contribution in [0.1, 0.15) is 40.4 Å². The number of benzene rings is 2. The first kappa shape index (κ1) is 20.8. The number of primary amides is 1. The predicted octanol–water partition coefficient (Wildman–Crippen LogP) is 4.00.